The van der Waals surface area contributed by atoms with E-state index in [0.29, 0.717) is 23.6 Å². The zero-order chi connectivity index (χ0) is 22.8. The summed E-state index contributed by atoms with van der Waals surface area (Å²) in [4.78, 5) is 43.1. The minimum Gasteiger partial charge on any atom is -0.462 e. The van der Waals surface area contributed by atoms with E-state index in [1.165, 1.54) is 4.57 Å². The van der Waals surface area contributed by atoms with Gasteiger partial charge in [-0.2, -0.15) is 5.10 Å². The van der Waals surface area contributed by atoms with Gasteiger partial charge in [0.25, 0.3) is 5.56 Å². The van der Waals surface area contributed by atoms with E-state index in [4.69, 9.17) is 9.72 Å². The summed E-state index contributed by atoms with van der Waals surface area (Å²) in [6.07, 6.45) is 2.24. The van der Waals surface area contributed by atoms with Crippen LogP contribution >= 0.6 is 0 Å². The molecule has 32 heavy (non-hydrogen) atoms. The summed E-state index contributed by atoms with van der Waals surface area (Å²) in [6, 6.07) is 8.49. The Hall–Kier alpha value is -3.75. The van der Waals surface area contributed by atoms with Crippen molar-refractivity contribution in [2.75, 3.05) is 11.9 Å². The monoisotopic (exact) mass is 435 g/mol. The van der Waals surface area contributed by atoms with Crippen molar-refractivity contribution in [2.24, 2.45) is 0 Å². The summed E-state index contributed by atoms with van der Waals surface area (Å²) < 4.78 is 8.01. The fraction of sp³-hybridized carbons (Fsp3) is 0.348. The van der Waals surface area contributed by atoms with Gasteiger partial charge in [0.1, 0.15) is 6.54 Å². The van der Waals surface area contributed by atoms with E-state index < -0.39 is 11.9 Å². The maximum absolute atomic E-state index is 13.2. The fourth-order valence-corrected chi connectivity index (χ4v) is 3.96. The van der Waals surface area contributed by atoms with Crippen LogP contribution in [0.2, 0.25) is 0 Å². The minimum absolute atomic E-state index is 0.225. The largest absolute Gasteiger partial charge is 0.462 e. The van der Waals surface area contributed by atoms with E-state index in [9.17, 15) is 14.4 Å². The SMILES string of the molecule is CCOC(=O)c1ccccc1NC(=O)Cn1c(-n2nc(C)cc2C)nc2c(c1=O)CCC2. The predicted octanol–water partition coefficient (Wildman–Crippen LogP) is 2.35. The van der Waals surface area contributed by atoms with Crippen LogP contribution in [0.5, 0.6) is 0 Å². The molecule has 2 aromatic heterocycles. The summed E-state index contributed by atoms with van der Waals surface area (Å²) in [5, 5.41) is 7.19. The highest BCUT2D eigenvalue weighted by atomic mass is 16.5. The molecule has 4 rings (SSSR count). The summed E-state index contributed by atoms with van der Waals surface area (Å²) in [5.74, 6) is -0.662. The average molecular weight is 435 g/mol. The number of rotatable bonds is 6. The standard InChI is InChI=1S/C23H25N5O4/c1-4-32-22(31)17-8-5-6-10-19(17)24-20(29)13-27-21(30)16-9-7-11-18(16)25-23(27)28-15(3)12-14(2)26-28/h5-6,8,10,12H,4,7,9,11,13H2,1-3H3,(H,24,29). The quantitative estimate of drug-likeness (QED) is 0.596. The number of fused-ring (bicyclic) bond motifs is 1. The Morgan fingerprint density at radius 1 is 1.19 bits per heavy atom. The third kappa shape index (κ3) is 4.05. The Morgan fingerprint density at radius 3 is 2.69 bits per heavy atom. The van der Waals surface area contributed by atoms with Crippen LogP contribution in [-0.2, 0) is 28.9 Å². The van der Waals surface area contributed by atoms with Crippen LogP contribution in [0, 0.1) is 13.8 Å². The molecule has 0 saturated heterocycles. The molecule has 0 radical (unpaired) electrons. The summed E-state index contributed by atoms with van der Waals surface area (Å²) in [5.41, 5.74) is 3.36. The Balaban J connectivity index is 1.70. The molecule has 0 fully saturated rings. The van der Waals surface area contributed by atoms with Crippen LogP contribution in [0.1, 0.15) is 46.3 Å². The third-order valence-corrected chi connectivity index (χ3v) is 5.37. The van der Waals surface area contributed by atoms with Gasteiger partial charge in [0.2, 0.25) is 11.9 Å². The first-order valence-corrected chi connectivity index (χ1v) is 10.6. The molecule has 0 saturated carbocycles. The van der Waals surface area contributed by atoms with Crippen molar-refractivity contribution in [2.45, 2.75) is 46.6 Å². The van der Waals surface area contributed by atoms with Crippen molar-refractivity contribution in [1.29, 1.82) is 0 Å². The predicted molar refractivity (Wildman–Crippen MR) is 118 cm³/mol. The molecular weight excluding hydrogens is 410 g/mol. The Morgan fingerprint density at radius 2 is 1.97 bits per heavy atom. The van der Waals surface area contributed by atoms with E-state index in [1.807, 2.05) is 19.9 Å². The number of benzene rings is 1. The molecule has 0 spiro atoms. The molecule has 0 unspecified atom stereocenters. The van der Waals surface area contributed by atoms with Gasteiger partial charge in [0.05, 0.1) is 29.2 Å². The molecule has 0 atom stereocenters. The van der Waals surface area contributed by atoms with Gasteiger partial charge in [-0.1, -0.05) is 12.1 Å². The van der Waals surface area contributed by atoms with E-state index in [-0.39, 0.29) is 24.3 Å². The highest BCUT2D eigenvalue weighted by Crippen LogP contribution is 2.20. The van der Waals surface area contributed by atoms with Gasteiger partial charge in [0, 0.05) is 11.3 Å². The number of aromatic nitrogens is 4. The normalized spacial score (nSPS) is 12.5. The number of para-hydroxylation sites is 1. The molecule has 9 nitrogen and oxygen atoms in total. The highest BCUT2D eigenvalue weighted by Gasteiger charge is 2.24. The zero-order valence-corrected chi connectivity index (χ0v) is 18.3. The first kappa shape index (κ1) is 21.5. The van der Waals surface area contributed by atoms with Crippen molar-refractivity contribution >= 4 is 17.6 Å². The molecule has 0 aliphatic heterocycles. The molecule has 1 aromatic carbocycles. The van der Waals surface area contributed by atoms with Gasteiger partial charge in [-0.05, 0) is 58.2 Å². The van der Waals surface area contributed by atoms with E-state index >= 15 is 0 Å². The fourth-order valence-electron chi connectivity index (χ4n) is 3.96. The lowest BCUT2D eigenvalue weighted by Crippen LogP contribution is -2.34. The van der Waals surface area contributed by atoms with Crippen LogP contribution in [0.15, 0.2) is 35.1 Å². The summed E-state index contributed by atoms with van der Waals surface area (Å²) in [7, 11) is 0. The maximum atomic E-state index is 13.2. The first-order valence-electron chi connectivity index (χ1n) is 10.6. The van der Waals surface area contributed by atoms with E-state index in [2.05, 4.69) is 10.4 Å². The van der Waals surface area contributed by atoms with Gasteiger partial charge in [-0.15, -0.1) is 0 Å². The topological polar surface area (TPSA) is 108 Å². The maximum Gasteiger partial charge on any atom is 0.340 e. The van der Waals surface area contributed by atoms with Gasteiger partial charge in [-0.25, -0.2) is 14.5 Å². The van der Waals surface area contributed by atoms with Crippen LogP contribution < -0.4 is 10.9 Å². The summed E-state index contributed by atoms with van der Waals surface area (Å²) >= 11 is 0. The molecular formula is C23H25N5O4. The number of nitrogens with one attached hydrogen (secondary N) is 1. The number of hydrogen-bond donors (Lipinski definition) is 1. The Kier molecular flexibility index (Phi) is 5.89. The summed E-state index contributed by atoms with van der Waals surface area (Å²) in [6.45, 7) is 5.41. The lowest BCUT2D eigenvalue weighted by Gasteiger charge is -2.16. The van der Waals surface area contributed by atoms with Crippen LogP contribution in [0.25, 0.3) is 5.95 Å². The molecule has 2 heterocycles. The molecule has 166 valence electrons. The van der Waals surface area contributed by atoms with Crippen LogP contribution in [0.3, 0.4) is 0 Å². The minimum atomic E-state index is -0.525. The molecule has 1 aliphatic rings. The van der Waals surface area contributed by atoms with Crippen LogP contribution in [0.4, 0.5) is 5.69 Å². The Bertz CT molecular complexity index is 1260. The lowest BCUT2D eigenvalue weighted by molar-refractivity contribution is -0.116. The van der Waals surface area contributed by atoms with Crippen molar-refractivity contribution in [3.63, 3.8) is 0 Å². The van der Waals surface area contributed by atoms with E-state index in [1.54, 1.807) is 35.9 Å². The number of ether oxygens (including phenoxy) is 1. The number of aryl methyl sites for hydroxylation is 3. The van der Waals surface area contributed by atoms with Crippen molar-refractivity contribution in [3.8, 4) is 5.95 Å². The molecule has 1 N–H and O–H groups in total. The number of carbonyl (C=O) groups excluding carboxylic acids is 2. The molecule has 1 aliphatic carbocycles. The second kappa shape index (κ2) is 8.78. The third-order valence-electron chi connectivity index (χ3n) is 5.37. The van der Waals surface area contributed by atoms with Gasteiger partial charge >= 0.3 is 5.97 Å². The second-order valence-electron chi connectivity index (χ2n) is 7.74. The molecule has 9 heteroatoms. The van der Waals surface area contributed by atoms with Crippen molar-refractivity contribution in [3.05, 3.63) is 68.9 Å². The van der Waals surface area contributed by atoms with Crippen molar-refractivity contribution in [1.82, 2.24) is 19.3 Å². The van der Waals surface area contributed by atoms with Crippen LogP contribution in [-0.4, -0.2) is 37.8 Å². The first-order chi connectivity index (χ1) is 15.4. The molecule has 3 aromatic rings. The smallest absolute Gasteiger partial charge is 0.340 e. The number of nitrogens with zero attached hydrogens (tertiary/aromatic N) is 4. The van der Waals surface area contributed by atoms with Crippen molar-refractivity contribution < 1.29 is 14.3 Å². The van der Waals surface area contributed by atoms with Gasteiger partial charge in [0.15, 0.2) is 0 Å². The highest BCUT2D eigenvalue weighted by molar-refractivity contribution is 6.01. The molecule has 1 amide bonds. The molecule has 0 bridgehead atoms. The Labute approximate surface area is 185 Å². The number of esters is 1. The lowest BCUT2D eigenvalue weighted by atomic mass is 10.2. The number of amides is 1. The van der Waals surface area contributed by atoms with Gasteiger partial charge in [-0.3, -0.25) is 14.2 Å². The zero-order valence-electron chi connectivity index (χ0n) is 18.3. The number of anilines is 1. The second-order valence-corrected chi connectivity index (χ2v) is 7.74. The van der Waals surface area contributed by atoms with Gasteiger partial charge < -0.3 is 10.1 Å². The average Bonchev–Trinajstić information content (AvgIpc) is 3.36. The van der Waals surface area contributed by atoms with E-state index in [0.717, 1.165) is 29.9 Å². The number of carbonyl (C=O) groups is 2. The number of hydrogen-bond acceptors (Lipinski definition) is 6.